The Morgan fingerprint density at radius 2 is 1.14 bits per heavy atom. The first-order valence-electron chi connectivity index (χ1n) is 7.93. The van der Waals surface area contributed by atoms with Gasteiger partial charge >= 0.3 is 0 Å². The second kappa shape index (κ2) is 18.2. The molecule has 0 saturated carbocycles. The van der Waals surface area contributed by atoms with Gasteiger partial charge in [-0.15, -0.1) is 0 Å². The van der Waals surface area contributed by atoms with Crippen molar-refractivity contribution in [3.63, 3.8) is 0 Å². The average Bonchev–Trinajstić information content (AvgIpc) is 2.59. The standard InChI is InChI=1S/C8H8.C7H8.C4H10.C2H6/c1-2-8-6-4-3-5-7-8;1-7-5-3-2-4-6-7;1-3-4-2;1-2/h2-7H,1H2;2-6H,1H3;3-4H2,1-2H3;1-2H3. The van der Waals surface area contributed by atoms with E-state index in [0.717, 1.165) is 0 Å². The molecule has 0 saturated heterocycles. The fourth-order valence-electron chi connectivity index (χ4n) is 1.12. The summed E-state index contributed by atoms with van der Waals surface area (Å²) < 4.78 is 0. The molecule has 0 aliphatic rings. The van der Waals surface area contributed by atoms with Crippen LogP contribution in [0.3, 0.4) is 0 Å². The molecule has 0 nitrogen and oxygen atoms in total. The third-order valence-corrected chi connectivity index (χ3v) is 2.48. The van der Waals surface area contributed by atoms with E-state index in [-0.39, 0.29) is 0 Å². The zero-order valence-corrected chi connectivity index (χ0v) is 14.5. The smallest absolute Gasteiger partial charge is 0.0263 e. The van der Waals surface area contributed by atoms with Gasteiger partial charge in [-0.25, -0.2) is 0 Å². The Balaban J connectivity index is 0. The molecule has 2 rings (SSSR count). The molecule has 0 radical (unpaired) electrons. The number of hydrogen-bond acceptors (Lipinski definition) is 0. The Labute approximate surface area is 132 Å². The van der Waals surface area contributed by atoms with Gasteiger partial charge in [-0.2, -0.15) is 0 Å². The average molecular weight is 284 g/mol. The Morgan fingerprint density at radius 3 is 1.33 bits per heavy atom. The third kappa shape index (κ3) is 16.1. The second-order valence-electron chi connectivity index (χ2n) is 4.27. The molecule has 0 aromatic heterocycles. The first-order chi connectivity index (χ1) is 10.2. The molecule has 0 heteroatoms. The van der Waals surface area contributed by atoms with Crippen LogP contribution in [0.1, 0.15) is 51.7 Å². The molecule has 0 spiro atoms. The van der Waals surface area contributed by atoms with Gasteiger partial charge in [0.05, 0.1) is 0 Å². The van der Waals surface area contributed by atoms with Crippen molar-refractivity contribution < 1.29 is 0 Å². The number of rotatable bonds is 2. The van der Waals surface area contributed by atoms with Crippen LogP contribution in [0.25, 0.3) is 6.08 Å². The Morgan fingerprint density at radius 1 is 0.762 bits per heavy atom. The van der Waals surface area contributed by atoms with Gasteiger partial charge in [0.25, 0.3) is 0 Å². The van der Waals surface area contributed by atoms with Crippen molar-refractivity contribution in [1.29, 1.82) is 0 Å². The van der Waals surface area contributed by atoms with Gasteiger partial charge < -0.3 is 0 Å². The van der Waals surface area contributed by atoms with E-state index in [4.69, 9.17) is 0 Å². The predicted octanol–water partition coefficient (Wildman–Crippen LogP) is 7.16. The highest BCUT2D eigenvalue weighted by molar-refractivity contribution is 5.45. The molecule has 116 valence electrons. The van der Waals surface area contributed by atoms with Gasteiger partial charge in [-0.3, -0.25) is 0 Å². The van der Waals surface area contributed by atoms with Gasteiger partial charge in [0.1, 0.15) is 0 Å². The highest BCUT2D eigenvalue weighted by atomic mass is 13.8. The summed E-state index contributed by atoms with van der Waals surface area (Å²) in [6.07, 6.45) is 4.47. The Hall–Kier alpha value is -1.82. The van der Waals surface area contributed by atoms with Crippen molar-refractivity contribution in [1.82, 2.24) is 0 Å². The van der Waals surface area contributed by atoms with E-state index in [2.05, 4.69) is 39.5 Å². The molecule has 21 heavy (non-hydrogen) atoms. The van der Waals surface area contributed by atoms with Crippen LogP contribution in [-0.4, -0.2) is 0 Å². The summed E-state index contributed by atoms with van der Waals surface area (Å²) in [4.78, 5) is 0. The molecule has 0 amide bonds. The summed E-state index contributed by atoms with van der Waals surface area (Å²) in [5, 5.41) is 0. The SMILES string of the molecule is C=Cc1ccccc1.CC.CCCC.Cc1ccccc1. The largest absolute Gasteiger partial charge is 0.0985 e. The highest BCUT2D eigenvalue weighted by Crippen LogP contribution is 1.97. The Kier molecular flexibility index (Phi) is 18.6. The summed E-state index contributed by atoms with van der Waals surface area (Å²) in [6, 6.07) is 20.3. The molecule has 0 fully saturated rings. The first kappa shape index (κ1) is 21.5. The van der Waals surface area contributed by atoms with Crippen LogP contribution in [0.4, 0.5) is 0 Å². The second-order valence-corrected chi connectivity index (χ2v) is 4.27. The van der Waals surface area contributed by atoms with E-state index in [9.17, 15) is 0 Å². The molecule has 0 heterocycles. The maximum atomic E-state index is 3.63. The van der Waals surface area contributed by atoms with Crippen molar-refractivity contribution in [3.05, 3.63) is 78.4 Å². The summed E-state index contributed by atoms with van der Waals surface area (Å²) in [5.41, 5.74) is 2.50. The topological polar surface area (TPSA) is 0 Å². The van der Waals surface area contributed by atoms with E-state index in [1.807, 2.05) is 68.5 Å². The molecule has 0 atom stereocenters. The van der Waals surface area contributed by atoms with E-state index in [0.29, 0.717) is 0 Å². The van der Waals surface area contributed by atoms with Crippen LogP contribution in [-0.2, 0) is 0 Å². The lowest BCUT2D eigenvalue weighted by atomic mass is 10.2. The zero-order valence-electron chi connectivity index (χ0n) is 14.5. The zero-order chi connectivity index (χ0) is 16.3. The molecular formula is C21H32. The monoisotopic (exact) mass is 284 g/mol. The van der Waals surface area contributed by atoms with Crippen molar-refractivity contribution in [2.75, 3.05) is 0 Å². The van der Waals surface area contributed by atoms with E-state index in [1.54, 1.807) is 0 Å². The van der Waals surface area contributed by atoms with Crippen LogP contribution < -0.4 is 0 Å². The van der Waals surface area contributed by atoms with E-state index >= 15 is 0 Å². The quantitative estimate of drug-likeness (QED) is 0.549. The van der Waals surface area contributed by atoms with Gasteiger partial charge in [-0.05, 0) is 12.5 Å². The van der Waals surface area contributed by atoms with Gasteiger partial charge in [0, 0.05) is 0 Å². The Bertz CT molecular complexity index is 399. The van der Waals surface area contributed by atoms with Crippen LogP contribution in [0.5, 0.6) is 0 Å². The van der Waals surface area contributed by atoms with Crippen LogP contribution in [0, 0.1) is 6.92 Å². The minimum atomic E-state index is 1.17. The van der Waals surface area contributed by atoms with Crippen molar-refractivity contribution in [3.8, 4) is 0 Å². The van der Waals surface area contributed by atoms with Crippen LogP contribution >= 0.6 is 0 Å². The number of hydrogen-bond donors (Lipinski definition) is 0. The molecule has 0 aliphatic carbocycles. The number of benzene rings is 2. The summed E-state index contributed by atoms with van der Waals surface area (Å²) in [7, 11) is 0. The maximum absolute atomic E-state index is 3.63. The van der Waals surface area contributed by atoms with Gasteiger partial charge in [-0.1, -0.05) is 119 Å². The van der Waals surface area contributed by atoms with Gasteiger partial charge in [0.15, 0.2) is 0 Å². The predicted molar refractivity (Wildman–Crippen MR) is 99.6 cm³/mol. The lowest BCUT2D eigenvalue weighted by molar-refractivity contribution is 0.886. The maximum Gasteiger partial charge on any atom is -0.0263 e. The molecular weight excluding hydrogens is 252 g/mol. The molecule has 2 aromatic carbocycles. The molecule has 0 bridgehead atoms. The lowest BCUT2D eigenvalue weighted by Crippen LogP contribution is -1.63. The van der Waals surface area contributed by atoms with Crippen molar-refractivity contribution in [2.24, 2.45) is 0 Å². The molecule has 2 aromatic rings. The minimum Gasteiger partial charge on any atom is -0.0985 e. The first-order valence-corrected chi connectivity index (χ1v) is 7.93. The van der Waals surface area contributed by atoms with Crippen LogP contribution in [0.15, 0.2) is 67.2 Å². The molecule has 0 unspecified atom stereocenters. The van der Waals surface area contributed by atoms with E-state index < -0.39 is 0 Å². The minimum absolute atomic E-state index is 1.17. The normalized spacial score (nSPS) is 7.86. The fraction of sp³-hybridized carbons (Fsp3) is 0.333. The molecule has 0 N–H and O–H groups in total. The summed E-state index contributed by atoms with van der Waals surface area (Å²) in [5.74, 6) is 0. The summed E-state index contributed by atoms with van der Waals surface area (Å²) >= 11 is 0. The van der Waals surface area contributed by atoms with Gasteiger partial charge in [0.2, 0.25) is 0 Å². The fourth-order valence-corrected chi connectivity index (χ4v) is 1.12. The van der Waals surface area contributed by atoms with E-state index in [1.165, 1.54) is 24.0 Å². The number of aryl methyl sites for hydroxylation is 1. The third-order valence-electron chi connectivity index (χ3n) is 2.48. The highest BCUT2D eigenvalue weighted by Gasteiger charge is 1.75. The van der Waals surface area contributed by atoms with Crippen LogP contribution in [0.2, 0.25) is 0 Å². The van der Waals surface area contributed by atoms with Crippen molar-refractivity contribution in [2.45, 2.75) is 47.5 Å². The van der Waals surface area contributed by atoms with Crippen molar-refractivity contribution >= 4 is 6.08 Å². The lowest BCUT2D eigenvalue weighted by Gasteiger charge is -1.85. The summed E-state index contributed by atoms with van der Waals surface area (Å²) in [6.45, 7) is 14.1. The number of unbranched alkanes of at least 4 members (excludes halogenated alkanes) is 1. The molecule has 0 aliphatic heterocycles.